The number of carbonyl (C=O) groups excluding carboxylic acids is 5. The number of cyclic esters (lactones) is 1. The first-order valence-corrected chi connectivity index (χ1v) is 18.6. The number of nitrogens with one attached hydrogen (secondary N) is 4. The van der Waals surface area contributed by atoms with Gasteiger partial charge in [0.15, 0.2) is 11.6 Å². The van der Waals surface area contributed by atoms with Crippen LogP contribution >= 0.6 is 12.4 Å². The van der Waals surface area contributed by atoms with Crippen LogP contribution in [-0.2, 0) is 41.8 Å². The largest absolute Gasteiger partial charge is 0.486 e. The molecule has 3 aromatic carbocycles. The van der Waals surface area contributed by atoms with Crippen molar-refractivity contribution >= 4 is 48.3 Å². The first-order valence-electron chi connectivity index (χ1n) is 18.6. The van der Waals surface area contributed by atoms with Gasteiger partial charge in [0.1, 0.15) is 37.6 Å². The van der Waals surface area contributed by atoms with Crippen LogP contribution in [-0.4, -0.2) is 87.2 Å². The van der Waals surface area contributed by atoms with Gasteiger partial charge < -0.3 is 45.0 Å². The molecule has 2 aliphatic heterocycles. The Morgan fingerprint density at radius 2 is 1.56 bits per heavy atom. The van der Waals surface area contributed by atoms with Crippen LogP contribution in [0.1, 0.15) is 50.2 Å². The SMILES string of the molecule is CC(=O)NC[C@H]1CN(c2ccc(OCC3(OC(=O)C(CCCCNC(=O)OCc4ccccc4)NC(=O)OCc4ccccc4)CCNCC3)c(F)c2)C(=O)O1.Cl. The molecular formula is C40H49ClFN5O10. The van der Waals surface area contributed by atoms with Crippen LogP contribution in [0.3, 0.4) is 0 Å². The normalized spacial score (nSPS) is 16.2. The van der Waals surface area contributed by atoms with Crippen LogP contribution in [0.5, 0.6) is 5.75 Å². The number of hydrogen-bond donors (Lipinski definition) is 4. The maximum atomic E-state index is 15.4. The lowest BCUT2D eigenvalue weighted by Crippen LogP contribution is -2.52. The molecule has 0 spiro atoms. The fraction of sp³-hybridized carbons (Fsp3) is 0.425. The number of unbranched alkanes of at least 4 members (excludes halogenated alkanes) is 1. The van der Waals surface area contributed by atoms with Crippen molar-refractivity contribution in [1.29, 1.82) is 0 Å². The summed E-state index contributed by atoms with van der Waals surface area (Å²) in [5.74, 6) is -1.83. The van der Waals surface area contributed by atoms with Crippen LogP contribution in [0, 0.1) is 5.82 Å². The van der Waals surface area contributed by atoms with Gasteiger partial charge in [-0.1, -0.05) is 60.7 Å². The Kier molecular flexibility index (Phi) is 17.2. The Hall–Kier alpha value is -5.61. The van der Waals surface area contributed by atoms with Gasteiger partial charge in [-0.3, -0.25) is 9.69 Å². The molecule has 1 unspecified atom stereocenters. The fourth-order valence-corrected chi connectivity index (χ4v) is 6.12. The van der Waals surface area contributed by atoms with Crippen LogP contribution in [0.4, 0.5) is 24.5 Å². The highest BCUT2D eigenvalue weighted by Crippen LogP contribution is 2.30. The van der Waals surface area contributed by atoms with E-state index in [0.29, 0.717) is 38.8 Å². The molecule has 4 amide bonds. The molecule has 4 N–H and O–H groups in total. The molecule has 57 heavy (non-hydrogen) atoms. The van der Waals surface area contributed by atoms with Crippen molar-refractivity contribution in [3.05, 3.63) is 95.8 Å². The summed E-state index contributed by atoms with van der Waals surface area (Å²) in [7, 11) is 0. The molecule has 2 heterocycles. The average Bonchev–Trinajstić information content (AvgIpc) is 3.58. The van der Waals surface area contributed by atoms with Gasteiger partial charge in [0.2, 0.25) is 5.91 Å². The monoisotopic (exact) mass is 813 g/mol. The summed E-state index contributed by atoms with van der Waals surface area (Å²) < 4.78 is 43.3. The lowest BCUT2D eigenvalue weighted by atomic mass is 9.92. The zero-order valence-corrected chi connectivity index (χ0v) is 32.5. The van der Waals surface area contributed by atoms with Crippen molar-refractivity contribution in [2.24, 2.45) is 0 Å². The fourth-order valence-electron chi connectivity index (χ4n) is 6.12. The minimum Gasteiger partial charge on any atom is -0.486 e. The van der Waals surface area contributed by atoms with Gasteiger partial charge in [0, 0.05) is 32.4 Å². The number of piperidine rings is 1. The highest BCUT2D eigenvalue weighted by molar-refractivity contribution is 5.90. The number of halogens is 2. The molecule has 0 aliphatic carbocycles. The van der Waals surface area contributed by atoms with Gasteiger partial charge in [0.05, 0.1) is 18.8 Å². The van der Waals surface area contributed by atoms with Crippen molar-refractivity contribution < 1.29 is 52.0 Å². The number of alkyl carbamates (subject to hydrolysis) is 2. The first-order chi connectivity index (χ1) is 27.1. The number of anilines is 1. The quantitative estimate of drug-likeness (QED) is 0.0758. The minimum atomic E-state index is -1.15. The van der Waals surface area contributed by atoms with Gasteiger partial charge in [-0.15, -0.1) is 12.4 Å². The van der Waals surface area contributed by atoms with Crippen molar-refractivity contribution in [1.82, 2.24) is 21.3 Å². The Labute approximate surface area is 336 Å². The highest BCUT2D eigenvalue weighted by Gasteiger charge is 2.40. The van der Waals surface area contributed by atoms with E-state index >= 15 is 4.39 Å². The smallest absolute Gasteiger partial charge is 0.414 e. The van der Waals surface area contributed by atoms with Crippen LogP contribution in [0.25, 0.3) is 0 Å². The number of carbonyl (C=O) groups is 5. The second-order valence-corrected chi connectivity index (χ2v) is 13.6. The lowest BCUT2D eigenvalue weighted by Gasteiger charge is -2.37. The lowest BCUT2D eigenvalue weighted by molar-refractivity contribution is -0.169. The maximum absolute atomic E-state index is 15.4. The molecule has 5 rings (SSSR count). The second kappa shape index (κ2) is 22.2. The summed E-state index contributed by atoms with van der Waals surface area (Å²) in [5, 5.41) is 11.2. The highest BCUT2D eigenvalue weighted by atomic mass is 35.5. The Morgan fingerprint density at radius 3 is 2.19 bits per heavy atom. The summed E-state index contributed by atoms with van der Waals surface area (Å²) in [5.41, 5.74) is 0.723. The predicted molar refractivity (Wildman–Crippen MR) is 208 cm³/mol. The van der Waals surface area contributed by atoms with E-state index in [9.17, 15) is 24.0 Å². The van der Waals surface area contributed by atoms with E-state index in [1.807, 2.05) is 48.5 Å². The van der Waals surface area contributed by atoms with Crippen molar-refractivity contribution in [3.63, 3.8) is 0 Å². The van der Waals surface area contributed by atoms with E-state index < -0.39 is 47.8 Å². The molecule has 2 aliphatic rings. The molecular weight excluding hydrogens is 765 g/mol. The number of esters is 1. The standard InChI is InChI=1S/C40H48FN5O10.ClH/c1-28(47)44-23-32-24-46(39(51)55-32)31-15-16-35(33(41)22-31)54-27-40(17-20-42-21-18-40)56-36(48)34(45-38(50)53-26-30-12-6-3-7-13-30)14-8-9-19-43-37(49)52-25-29-10-4-2-5-11-29;/h2-7,10-13,15-16,22,32,34,42H,8-9,14,17-21,23-27H2,1H3,(H,43,49)(H,44,47)(H,45,50);1H/t32-,34?;/m0./s1. The topological polar surface area (TPSA) is 183 Å². The van der Waals surface area contributed by atoms with Gasteiger partial charge in [-0.05, 0) is 55.6 Å². The summed E-state index contributed by atoms with van der Waals surface area (Å²) >= 11 is 0. The second-order valence-electron chi connectivity index (χ2n) is 13.6. The average molecular weight is 814 g/mol. The third-order valence-corrected chi connectivity index (χ3v) is 9.19. The van der Waals surface area contributed by atoms with Crippen molar-refractivity contribution in [2.75, 3.05) is 44.2 Å². The minimum absolute atomic E-state index is 0. The number of ether oxygens (including phenoxy) is 5. The van der Waals surface area contributed by atoms with Gasteiger partial charge in [0.25, 0.3) is 0 Å². The molecule has 2 atom stereocenters. The molecule has 0 aromatic heterocycles. The van der Waals surface area contributed by atoms with E-state index in [4.69, 9.17) is 23.7 Å². The van der Waals surface area contributed by atoms with Gasteiger partial charge in [-0.2, -0.15) is 0 Å². The molecule has 15 nitrogen and oxygen atoms in total. The van der Waals surface area contributed by atoms with E-state index in [2.05, 4.69) is 21.3 Å². The molecule has 17 heteroatoms. The van der Waals surface area contributed by atoms with Crippen LogP contribution < -0.4 is 30.9 Å². The van der Waals surface area contributed by atoms with E-state index in [0.717, 1.165) is 17.2 Å². The summed E-state index contributed by atoms with van der Waals surface area (Å²) in [4.78, 5) is 63.9. The van der Waals surface area contributed by atoms with Crippen LogP contribution in [0.2, 0.25) is 0 Å². The summed E-state index contributed by atoms with van der Waals surface area (Å²) in [6.45, 7) is 2.83. The molecule has 0 bridgehead atoms. The first kappa shape index (κ1) is 44.1. The number of benzene rings is 3. The van der Waals surface area contributed by atoms with E-state index in [-0.39, 0.29) is 75.6 Å². The maximum Gasteiger partial charge on any atom is 0.414 e. The van der Waals surface area contributed by atoms with Gasteiger partial charge >= 0.3 is 24.2 Å². The summed E-state index contributed by atoms with van der Waals surface area (Å²) in [6.07, 6.45) is -0.842. The molecule has 0 radical (unpaired) electrons. The third-order valence-electron chi connectivity index (χ3n) is 9.19. The molecule has 3 aromatic rings. The summed E-state index contributed by atoms with van der Waals surface area (Å²) in [6, 6.07) is 21.3. The van der Waals surface area contributed by atoms with Crippen LogP contribution in [0.15, 0.2) is 78.9 Å². The Balaban J connectivity index is 0.00000720. The van der Waals surface area contributed by atoms with Gasteiger partial charge in [-0.25, -0.2) is 23.6 Å². The Bertz CT molecular complexity index is 1780. The van der Waals surface area contributed by atoms with E-state index in [1.54, 1.807) is 12.1 Å². The van der Waals surface area contributed by atoms with Crippen molar-refractivity contribution in [2.45, 2.75) is 70.0 Å². The third kappa shape index (κ3) is 14.1. The number of amides is 4. The number of nitrogens with zero attached hydrogens (tertiary/aromatic N) is 1. The Morgan fingerprint density at radius 1 is 0.912 bits per heavy atom. The zero-order chi connectivity index (χ0) is 39.8. The number of hydrogen-bond acceptors (Lipinski definition) is 11. The molecule has 2 fully saturated rings. The molecule has 308 valence electrons. The molecule has 2 saturated heterocycles. The van der Waals surface area contributed by atoms with Crippen molar-refractivity contribution in [3.8, 4) is 5.75 Å². The zero-order valence-electron chi connectivity index (χ0n) is 31.7. The molecule has 0 saturated carbocycles. The van der Waals surface area contributed by atoms with E-state index in [1.165, 1.54) is 24.0 Å². The number of rotatable bonds is 18. The predicted octanol–water partition coefficient (Wildman–Crippen LogP) is 5.14.